The number of nitrogens with zero attached hydrogens (tertiary/aromatic N) is 5. The van der Waals surface area contributed by atoms with Crippen LogP contribution in [0.5, 0.6) is 0 Å². The molecule has 2 N–H and O–H groups in total. The Morgan fingerprint density at radius 1 is 1.21 bits per heavy atom. The van der Waals surface area contributed by atoms with Crippen LogP contribution < -0.4 is 10.2 Å². The molecule has 0 radical (unpaired) electrons. The number of aromatic amines is 1. The van der Waals surface area contributed by atoms with E-state index in [-0.39, 0.29) is 5.69 Å². The van der Waals surface area contributed by atoms with Crippen molar-refractivity contribution < 1.29 is 8.78 Å². The minimum atomic E-state index is -0.622. The smallest absolute Gasteiger partial charge is 0.153 e. The molecule has 1 saturated carbocycles. The van der Waals surface area contributed by atoms with Gasteiger partial charge in [-0.3, -0.25) is 5.10 Å². The molecule has 0 atom stereocenters. The van der Waals surface area contributed by atoms with Gasteiger partial charge in [-0.25, -0.2) is 13.8 Å². The number of anilines is 2. The van der Waals surface area contributed by atoms with Crippen LogP contribution in [0.4, 0.5) is 20.3 Å². The molecule has 1 aliphatic heterocycles. The number of thioether (sulfide) groups is 1. The van der Waals surface area contributed by atoms with Crippen LogP contribution in [0, 0.1) is 24.5 Å². The average Bonchev–Trinajstić information content (AvgIpc) is 3.73. The van der Waals surface area contributed by atoms with Gasteiger partial charge in [-0.1, -0.05) is 13.5 Å². The third-order valence-corrected chi connectivity index (χ3v) is 8.97. The number of amidine groups is 1. The second-order valence-electron chi connectivity index (χ2n) is 11.4. The van der Waals surface area contributed by atoms with Crippen molar-refractivity contribution in [1.29, 1.82) is 0 Å². The number of aryl methyl sites for hydroxylation is 1. The standard InChI is InChI=1S/C33H45F2N7S/c1-10-20(3)31(42-15-14-28(21(4)19-42)40(7)11-2)30(24-12-13-24)33(37-29-16-22(5)38-39-29)36-23(6)41(8)32-26(34)17-25(43-9)18-27(32)35/h11,16-18,24H,2,10,12-15,19H2,1,3-9H3,(H2,37,38,39)/b31-20-,33-30+,36-23+. The second kappa shape index (κ2) is 13.8. The molecule has 0 bridgehead atoms. The minimum Gasteiger partial charge on any atom is -0.367 e. The predicted molar refractivity (Wildman–Crippen MR) is 176 cm³/mol. The summed E-state index contributed by atoms with van der Waals surface area (Å²) in [5.74, 6) is 0.826. The summed E-state index contributed by atoms with van der Waals surface area (Å²) in [7, 11) is 3.70. The van der Waals surface area contributed by atoms with E-state index in [4.69, 9.17) is 4.99 Å². The summed E-state index contributed by atoms with van der Waals surface area (Å²) in [6.45, 7) is 15.9. The summed E-state index contributed by atoms with van der Waals surface area (Å²) in [6, 6.07) is 4.65. The maximum absolute atomic E-state index is 15.1. The summed E-state index contributed by atoms with van der Waals surface area (Å²) < 4.78 is 30.3. The first kappa shape index (κ1) is 32.4. The van der Waals surface area contributed by atoms with Gasteiger partial charge in [-0.2, -0.15) is 5.10 Å². The van der Waals surface area contributed by atoms with E-state index >= 15 is 8.78 Å². The first-order valence-corrected chi connectivity index (χ1v) is 16.1. The van der Waals surface area contributed by atoms with E-state index in [9.17, 15) is 0 Å². The highest BCUT2D eigenvalue weighted by atomic mass is 32.2. The van der Waals surface area contributed by atoms with E-state index in [1.165, 1.54) is 51.3 Å². The normalized spacial score (nSPS) is 17.1. The van der Waals surface area contributed by atoms with Crippen LogP contribution in [0.2, 0.25) is 0 Å². The molecule has 0 amide bonds. The zero-order chi connectivity index (χ0) is 31.4. The molecule has 1 aromatic carbocycles. The SMILES string of the molecule is C=CN(C)C1=C(C)CN(C(=C(/C)CC)/C(=C(\N=C(/C)N(C)c2c(F)cc(SC)cc2F)Nc2cc(C)[nH]n2)C2CC2)CC1. The average molecular weight is 610 g/mol. The summed E-state index contributed by atoms with van der Waals surface area (Å²) in [6.07, 6.45) is 7.56. The lowest BCUT2D eigenvalue weighted by Gasteiger charge is -2.38. The van der Waals surface area contributed by atoms with Gasteiger partial charge in [-0.05, 0) is 88.6 Å². The summed E-state index contributed by atoms with van der Waals surface area (Å²) in [4.78, 5) is 11.7. The Labute approximate surface area is 259 Å². The second-order valence-corrected chi connectivity index (χ2v) is 12.3. The number of allylic oxidation sites excluding steroid dienone is 2. The molecule has 2 aromatic rings. The molecule has 232 valence electrons. The van der Waals surface area contributed by atoms with E-state index in [2.05, 4.69) is 52.7 Å². The molecular formula is C33H45F2N7S. The first-order valence-electron chi connectivity index (χ1n) is 14.8. The molecule has 1 aliphatic carbocycles. The molecule has 2 aliphatic rings. The molecular weight excluding hydrogens is 564 g/mol. The summed E-state index contributed by atoms with van der Waals surface area (Å²) >= 11 is 1.30. The van der Waals surface area contributed by atoms with Crippen molar-refractivity contribution in [3.05, 3.63) is 82.2 Å². The fourth-order valence-corrected chi connectivity index (χ4v) is 5.98. The van der Waals surface area contributed by atoms with Crippen LogP contribution >= 0.6 is 11.8 Å². The van der Waals surface area contributed by atoms with Crippen LogP contribution in [0.15, 0.2) is 74.8 Å². The van der Waals surface area contributed by atoms with Crippen molar-refractivity contribution >= 4 is 29.1 Å². The molecule has 7 nitrogen and oxygen atoms in total. The zero-order valence-electron chi connectivity index (χ0n) is 26.7. The molecule has 2 heterocycles. The Hall–Kier alpha value is -3.53. The topological polar surface area (TPSA) is 62.8 Å². The van der Waals surface area contributed by atoms with E-state index in [1.54, 1.807) is 20.2 Å². The van der Waals surface area contributed by atoms with Gasteiger partial charge in [0.05, 0.1) is 0 Å². The molecule has 43 heavy (non-hydrogen) atoms. The van der Waals surface area contributed by atoms with Gasteiger partial charge in [0, 0.05) is 67.2 Å². The van der Waals surface area contributed by atoms with E-state index in [1.807, 2.05) is 26.2 Å². The van der Waals surface area contributed by atoms with Gasteiger partial charge >= 0.3 is 0 Å². The zero-order valence-corrected chi connectivity index (χ0v) is 27.6. The Kier molecular flexibility index (Phi) is 10.4. The molecule has 4 rings (SSSR count). The van der Waals surface area contributed by atoms with Crippen molar-refractivity contribution in [2.24, 2.45) is 10.9 Å². The lowest BCUT2D eigenvalue weighted by molar-refractivity contribution is 0.329. The predicted octanol–water partition coefficient (Wildman–Crippen LogP) is 8.05. The third kappa shape index (κ3) is 7.34. The highest BCUT2D eigenvalue weighted by molar-refractivity contribution is 7.98. The van der Waals surface area contributed by atoms with Crippen LogP contribution in [0.1, 0.15) is 59.1 Å². The fraction of sp³-hybridized carbons (Fsp3) is 0.455. The molecule has 0 unspecified atom stereocenters. The number of hydrogen-bond donors (Lipinski definition) is 2. The molecule has 10 heteroatoms. The number of benzene rings is 1. The highest BCUT2D eigenvalue weighted by Crippen LogP contribution is 2.45. The number of halogens is 2. The fourth-order valence-electron chi connectivity index (χ4n) is 5.54. The molecule has 1 aromatic heterocycles. The third-order valence-electron chi connectivity index (χ3n) is 8.26. The van der Waals surface area contributed by atoms with Gasteiger partial charge in [0.15, 0.2) is 17.5 Å². The van der Waals surface area contributed by atoms with Gasteiger partial charge in [0.1, 0.15) is 17.3 Å². The van der Waals surface area contributed by atoms with Crippen LogP contribution in [-0.2, 0) is 0 Å². The maximum atomic E-state index is 15.1. The highest BCUT2D eigenvalue weighted by Gasteiger charge is 2.35. The Morgan fingerprint density at radius 2 is 1.88 bits per heavy atom. The number of rotatable bonds is 11. The van der Waals surface area contributed by atoms with Crippen molar-refractivity contribution in [3.63, 3.8) is 0 Å². The number of nitrogens with one attached hydrogen (secondary N) is 2. The lowest BCUT2D eigenvalue weighted by atomic mass is 9.96. The Bertz CT molecular complexity index is 1460. The maximum Gasteiger partial charge on any atom is 0.153 e. The van der Waals surface area contributed by atoms with Crippen LogP contribution in [-0.4, -0.2) is 59.3 Å². The Balaban J connectivity index is 1.86. The number of hydrogen-bond acceptors (Lipinski definition) is 6. The lowest BCUT2D eigenvalue weighted by Crippen LogP contribution is -2.35. The van der Waals surface area contributed by atoms with Crippen LogP contribution in [0.25, 0.3) is 0 Å². The minimum absolute atomic E-state index is 0.127. The monoisotopic (exact) mass is 609 g/mol. The van der Waals surface area contributed by atoms with E-state index < -0.39 is 11.6 Å². The molecule has 1 fully saturated rings. The van der Waals surface area contributed by atoms with Crippen molar-refractivity contribution in [1.82, 2.24) is 20.0 Å². The number of H-pyrrole nitrogens is 1. The quantitative estimate of drug-likeness (QED) is 0.116. The van der Waals surface area contributed by atoms with Crippen LogP contribution in [0.3, 0.4) is 0 Å². The summed E-state index contributed by atoms with van der Waals surface area (Å²) in [5.41, 5.74) is 6.99. The molecule has 0 saturated heterocycles. The first-order chi connectivity index (χ1) is 20.5. The van der Waals surface area contributed by atoms with Gasteiger partial charge in [0.25, 0.3) is 0 Å². The van der Waals surface area contributed by atoms with Crippen molar-refractivity contribution in [3.8, 4) is 0 Å². The van der Waals surface area contributed by atoms with Gasteiger partial charge in [0.2, 0.25) is 0 Å². The molecule has 0 spiro atoms. The number of aliphatic imine (C=N–C) groups is 1. The Morgan fingerprint density at radius 3 is 2.40 bits per heavy atom. The van der Waals surface area contributed by atoms with Gasteiger partial charge < -0.3 is 20.0 Å². The number of aromatic nitrogens is 2. The van der Waals surface area contributed by atoms with E-state index in [0.717, 1.165) is 50.0 Å². The van der Waals surface area contributed by atoms with E-state index in [0.29, 0.717) is 28.3 Å². The summed E-state index contributed by atoms with van der Waals surface area (Å²) in [5, 5.41) is 10.9. The van der Waals surface area contributed by atoms with Crippen molar-refractivity contribution in [2.75, 3.05) is 43.7 Å². The van der Waals surface area contributed by atoms with Gasteiger partial charge in [-0.15, -0.1) is 11.8 Å². The largest absolute Gasteiger partial charge is 0.367 e. The van der Waals surface area contributed by atoms with Crippen molar-refractivity contribution in [2.45, 2.75) is 65.2 Å².